The molecule has 1 saturated heterocycles. The lowest BCUT2D eigenvalue weighted by Gasteiger charge is -2.30. The SMILES string of the molecule is CC[C@@H](C)C(CC(=O)C[C@@H](O)C[C@H](O[C@@H]1O[C@@H](CC)[C@@H](O)C1O)[C@H](C)CC)C[C@H](O)CC(C)(C)C. The van der Waals surface area contributed by atoms with Crippen molar-refractivity contribution in [1.82, 2.24) is 0 Å². The number of Topliss-reactive ketones (excluding diaryl/α,β-unsaturated/α-hetero) is 1. The minimum Gasteiger partial charge on any atom is -0.393 e. The molecule has 1 heterocycles. The number of aliphatic hydroxyl groups excluding tert-OH is 4. The van der Waals surface area contributed by atoms with E-state index in [1.54, 1.807) is 0 Å². The van der Waals surface area contributed by atoms with E-state index in [1.165, 1.54) is 0 Å². The summed E-state index contributed by atoms with van der Waals surface area (Å²) in [6, 6.07) is 0. The highest BCUT2D eigenvalue weighted by atomic mass is 16.7. The second kappa shape index (κ2) is 15.0. The van der Waals surface area contributed by atoms with Crippen LogP contribution in [0.25, 0.3) is 0 Å². The van der Waals surface area contributed by atoms with E-state index < -0.39 is 42.9 Å². The van der Waals surface area contributed by atoms with E-state index in [0.717, 1.165) is 12.8 Å². The summed E-state index contributed by atoms with van der Waals surface area (Å²) >= 11 is 0. The molecule has 10 atom stereocenters. The van der Waals surface area contributed by atoms with Gasteiger partial charge in [0.2, 0.25) is 0 Å². The van der Waals surface area contributed by atoms with E-state index in [-0.39, 0.29) is 35.9 Å². The molecule has 1 aliphatic rings. The second-order valence-electron chi connectivity index (χ2n) is 12.1. The zero-order chi connectivity index (χ0) is 26.9. The highest BCUT2D eigenvalue weighted by Crippen LogP contribution is 2.31. The van der Waals surface area contributed by atoms with Gasteiger partial charge in [0.1, 0.15) is 18.0 Å². The molecule has 0 bridgehead atoms. The van der Waals surface area contributed by atoms with Crippen LogP contribution in [0.3, 0.4) is 0 Å². The van der Waals surface area contributed by atoms with Crippen LogP contribution in [0.4, 0.5) is 0 Å². The van der Waals surface area contributed by atoms with Crippen LogP contribution in [0.2, 0.25) is 0 Å². The smallest absolute Gasteiger partial charge is 0.186 e. The van der Waals surface area contributed by atoms with Crippen LogP contribution in [0.15, 0.2) is 0 Å². The fraction of sp³-hybridized carbons (Fsp3) is 0.964. The molecule has 2 unspecified atom stereocenters. The van der Waals surface area contributed by atoms with Gasteiger partial charge < -0.3 is 29.9 Å². The summed E-state index contributed by atoms with van der Waals surface area (Å²) < 4.78 is 11.7. The zero-order valence-electron chi connectivity index (χ0n) is 23.4. The van der Waals surface area contributed by atoms with Gasteiger partial charge in [0, 0.05) is 19.3 Å². The van der Waals surface area contributed by atoms with E-state index >= 15 is 0 Å². The summed E-state index contributed by atoms with van der Waals surface area (Å²) in [5.41, 5.74) is 0.0222. The van der Waals surface area contributed by atoms with Gasteiger partial charge >= 0.3 is 0 Å². The number of rotatable bonds is 16. The lowest BCUT2D eigenvalue weighted by Crippen LogP contribution is -2.38. The zero-order valence-corrected chi connectivity index (χ0v) is 23.4. The first-order chi connectivity index (χ1) is 16.2. The Morgan fingerprint density at radius 3 is 2.00 bits per heavy atom. The first kappa shape index (κ1) is 32.5. The highest BCUT2D eigenvalue weighted by molar-refractivity contribution is 5.79. The van der Waals surface area contributed by atoms with Crippen LogP contribution in [-0.2, 0) is 14.3 Å². The molecule has 7 heteroatoms. The molecule has 1 rings (SSSR count). The van der Waals surface area contributed by atoms with Crippen molar-refractivity contribution in [2.24, 2.45) is 23.2 Å². The van der Waals surface area contributed by atoms with E-state index in [0.29, 0.717) is 31.6 Å². The van der Waals surface area contributed by atoms with Crippen molar-refractivity contribution in [3.63, 3.8) is 0 Å². The Bertz CT molecular complexity index is 605. The number of ether oxygens (including phenoxy) is 2. The highest BCUT2D eigenvalue weighted by Gasteiger charge is 2.44. The third kappa shape index (κ3) is 11.1. The number of hydrogen-bond acceptors (Lipinski definition) is 7. The van der Waals surface area contributed by atoms with Crippen LogP contribution >= 0.6 is 0 Å². The van der Waals surface area contributed by atoms with E-state index in [1.807, 2.05) is 20.8 Å². The van der Waals surface area contributed by atoms with Gasteiger partial charge in [-0.15, -0.1) is 0 Å². The van der Waals surface area contributed by atoms with Gasteiger partial charge in [-0.2, -0.15) is 0 Å². The summed E-state index contributed by atoms with van der Waals surface area (Å²) in [6.45, 7) is 16.4. The number of carbonyl (C=O) groups excluding carboxylic acids is 1. The summed E-state index contributed by atoms with van der Waals surface area (Å²) in [4.78, 5) is 12.9. The van der Waals surface area contributed by atoms with Gasteiger partial charge in [-0.3, -0.25) is 4.79 Å². The molecule has 1 aliphatic heterocycles. The van der Waals surface area contributed by atoms with Crippen LogP contribution in [0, 0.1) is 23.2 Å². The van der Waals surface area contributed by atoms with Gasteiger partial charge in [0.15, 0.2) is 6.29 Å². The van der Waals surface area contributed by atoms with Crippen LogP contribution < -0.4 is 0 Å². The van der Waals surface area contributed by atoms with Crippen LogP contribution in [0.5, 0.6) is 0 Å². The van der Waals surface area contributed by atoms with Gasteiger partial charge in [-0.25, -0.2) is 0 Å². The third-order valence-corrected chi connectivity index (χ3v) is 7.64. The molecule has 0 aromatic heterocycles. The van der Waals surface area contributed by atoms with E-state index in [4.69, 9.17) is 9.47 Å². The molecule has 1 fully saturated rings. The molecule has 208 valence electrons. The summed E-state index contributed by atoms with van der Waals surface area (Å²) in [6.07, 6.45) is -1.10. The van der Waals surface area contributed by atoms with Crippen molar-refractivity contribution >= 4 is 5.78 Å². The molecule has 0 aliphatic carbocycles. The standard InChI is InChI=1S/C28H54O7/c1-9-17(4)19(13-22(31)16-28(6,7)8)12-20(29)14-21(30)15-24(18(5)10-2)35-27-26(33)25(32)23(11-3)34-27/h17-19,21-27,30-33H,9-16H2,1-8H3/t17-,18-,19?,21-,22+,23+,24+,25-,26?,27+/m1/s1. The van der Waals surface area contributed by atoms with Crippen LogP contribution in [0.1, 0.15) is 107 Å². The molecule has 0 aromatic rings. The summed E-state index contributed by atoms with van der Waals surface area (Å²) in [7, 11) is 0. The van der Waals surface area contributed by atoms with Gasteiger partial charge in [-0.1, -0.05) is 68.2 Å². The van der Waals surface area contributed by atoms with Crippen molar-refractivity contribution < 1.29 is 34.7 Å². The summed E-state index contributed by atoms with van der Waals surface area (Å²) in [5, 5.41) is 41.8. The minimum absolute atomic E-state index is 0.00715. The molecule has 0 spiro atoms. The molecule has 0 amide bonds. The molecular formula is C28H54O7. The average Bonchev–Trinajstić information content (AvgIpc) is 3.03. The van der Waals surface area contributed by atoms with Crippen molar-refractivity contribution in [2.75, 3.05) is 0 Å². The second-order valence-corrected chi connectivity index (χ2v) is 12.1. The molecule has 0 aromatic carbocycles. The Hall–Kier alpha value is -0.570. The quantitative estimate of drug-likeness (QED) is 0.250. The fourth-order valence-electron chi connectivity index (χ4n) is 5.00. The van der Waals surface area contributed by atoms with E-state index in [9.17, 15) is 25.2 Å². The lowest BCUT2D eigenvalue weighted by atomic mass is 9.79. The Labute approximate surface area is 213 Å². The molecule has 35 heavy (non-hydrogen) atoms. The Morgan fingerprint density at radius 2 is 1.51 bits per heavy atom. The third-order valence-electron chi connectivity index (χ3n) is 7.64. The lowest BCUT2D eigenvalue weighted by molar-refractivity contribution is -0.205. The molecule has 7 nitrogen and oxygen atoms in total. The number of hydrogen-bond donors (Lipinski definition) is 4. The van der Waals surface area contributed by atoms with Crippen molar-refractivity contribution in [3.8, 4) is 0 Å². The maximum atomic E-state index is 12.9. The predicted molar refractivity (Wildman–Crippen MR) is 138 cm³/mol. The van der Waals surface area contributed by atoms with Gasteiger partial charge in [0.25, 0.3) is 0 Å². The maximum absolute atomic E-state index is 12.9. The number of carbonyl (C=O) groups is 1. The Morgan fingerprint density at radius 1 is 0.914 bits per heavy atom. The largest absolute Gasteiger partial charge is 0.393 e. The van der Waals surface area contributed by atoms with E-state index in [2.05, 4.69) is 34.6 Å². The van der Waals surface area contributed by atoms with Gasteiger partial charge in [-0.05, 0) is 42.4 Å². The van der Waals surface area contributed by atoms with Gasteiger partial charge in [0.05, 0.1) is 24.4 Å². The predicted octanol–water partition coefficient (Wildman–Crippen LogP) is 4.22. The normalized spacial score (nSPS) is 28.3. The van der Waals surface area contributed by atoms with Crippen molar-refractivity contribution in [3.05, 3.63) is 0 Å². The monoisotopic (exact) mass is 502 g/mol. The summed E-state index contributed by atoms with van der Waals surface area (Å²) in [5.74, 6) is 0.454. The molecule has 4 N–H and O–H groups in total. The topological polar surface area (TPSA) is 116 Å². The molecule has 0 radical (unpaired) electrons. The Kier molecular flexibility index (Phi) is 13.9. The van der Waals surface area contributed by atoms with Crippen molar-refractivity contribution in [1.29, 1.82) is 0 Å². The molecule has 0 saturated carbocycles. The maximum Gasteiger partial charge on any atom is 0.186 e. The first-order valence-electron chi connectivity index (χ1n) is 13.8. The van der Waals surface area contributed by atoms with Crippen LogP contribution in [-0.4, -0.2) is 69.1 Å². The molecular weight excluding hydrogens is 448 g/mol. The minimum atomic E-state index is -1.14. The average molecular weight is 503 g/mol. The number of ketones is 1. The Balaban J connectivity index is 2.72. The first-order valence-corrected chi connectivity index (χ1v) is 13.8. The fourth-order valence-corrected chi connectivity index (χ4v) is 5.00. The van der Waals surface area contributed by atoms with Crippen molar-refractivity contribution in [2.45, 2.75) is 150 Å². The number of aliphatic hydroxyl groups is 4.